The summed E-state index contributed by atoms with van der Waals surface area (Å²) in [7, 11) is -3.79. The number of nitrogens with one attached hydrogen (secondary N) is 1. The molecule has 2 aromatic rings. The highest BCUT2D eigenvalue weighted by Gasteiger charge is 2.31. The molecule has 0 saturated carbocycles. The molecule has 0 radical (unpaired) electrons. The van der Waals surface area contributed by atoms with Crippen molar-refractivity contribution in [3.8, 4) is 0 Å². The number of amides is 2. The maximum Gasteiger partial charge on any atom is 0.244 e. The molecule has 0 aliphatic heterocycles. The standard InChI is InChI=1S/C23H29Cl2N3O4S/c1-5-17-10-7-8-13-21(17)28(33(4,31)32)15-22(29)27(16(3)23(30)26-6-2)14-18-19(24)11-9-12-20(18)25/h7-13,16H,5-6,14-15H2,1-4H3,(H,26,30). The predicted molar refractivity (Wildman–Crippen MR) is 133 cm³/mol. The van der Waals surface area contributed by atoms with Crippen LogP contribution in [0.2, 0.25) is 10.0 Å². The van der Waals surface area contributed by atoms with Crippen molar-refractivity contribution in [3.63, 3.8) is 0 Å². The van der Waals surface area contributed by atoms with Crippen LogP contribution in [0.15, 0.2) is 42.5 Å². The number of carbonyl (C=O) groups is 2. The van der Waals surface area contributed by atoms with Crippen molar-refractivity contribution in [1.29, 1.82) is 0 Å². The first-order valence-corrected chi connectivity index (χ1v) is 13.2. The highest BCUT2D eigenvalue weighted by molar-refractivity contribution is 7.92. The van der Waals surface area contributed by atoms with Crippen LogP contribution in [0.5, 0.6) is 0 Å². The van der Waals surface area contributed by atoms with Gasteiger partial charge in [0.15, 0.2) is 0 Å². The predicted octanol–water partition coefficient (Wildman–Crippen LogP) is 3.88. The van der Waals surface area contributed by atoms with Gasteiger partial charge in [0.05, 0.1) is 11.9 Å². The van der Waals surface area contributed by atoms with Gasteiger partial charge >= 0.3 is 0 Å². The number of carbonyl (C=O) groups excluding carboxylic acids is 2. The maximum atomic E-state index is 13.5. The van der Waals surface area contributed by atoms with Gasteiger partial charge in [-0.25, -0.2) is 8.42 Å². The molecular weight excluding hydrogens is 485 g/mol. The zero-order chi connectivity index (χ0) is 24.8. The number of benzene rings is 2. The molecule has 0 saturated heterocycles. The van der Waals surface area contributed by atoms with Gasteiger partial charge in [-0.1, -0.05) is 54.4 Å². The highest BCUT2D eigenvalue weighted by atomic mass is 35.5. The third kappa shape index (κ3) is 6.85. The Morgan fingerprint density at radius 2 is 1.64 bits per heavy atom. The molecular formula is C23H29Cl2N3O4S. The van der Waals surface area contributed by atoms with Crippen LogP contribution < -0.4 is 9.62 Å². The summed E-state index contributed by atoms with van der Waals surface area (Å²) >= 11 is 12.6. The molecule has 0 aromatic heterocycles. The zero-order valence-corrected chi connectivity index (χ0v) is 21.5. The van der Waals surface area contributed by atoms with Crippen LogP contribution in [0.3, 0.4) is 0 Å². The smallest absolute Gasteiger partial charge is 0.244 e. The summed E-state index contributed by atoms with van der Waals surface area (Å²) in [6, 6.07) is 11.1. The Hall–Kier alpha value is -2.29. The Kier molecular flexibility index (Phi) is 9.57. The van der Waals surface area contributed by atoms with Crippen LogP contribution in [0, 0.1) is 0 Å². The lowest BCUT2D eigenvalue weighted by atomic mass is 10.1. The van der Waals surface area contributed by atoms with E-state index in [1.807, 2.05) is 19.1 Å². The molecule has 0 fully saturated rings. The highest BCUT2D eigenvalue weighted by Crippen LogP contribution is 2.28. The molecule has 0 heterocycles. The number of likely N-dealkylation sites (N-methyl/N-ethyl adjacent to an activating group) is 1. The van der Waals surface area contributed by atoms with Crippen molar-refractivity contribution in [2.75, 3.05) is 23.7 Å². The maximum absolute atomic E-state index is 13.5. The summed E-state index contributed by atoms with van der Waals surface area (Å²) in [5.41, 5.74) is 1.69. The number of anilines is 1. The molecule has 2 amide bonds. The average molecular weight is 514 g/mol. The Balaban J connectivity index is 2.48. The van der Waals surface area contributed by atoms with E-state index in [0.29, 0.717) is 34.3 Å². The van der Waals surface area contributed by atoms with E-state index < -0.39 is 28.5 Å². The number of hydrogen-bond donors (Lipinski definition) is 1. The second-order valence-electron chi connectivity index (χ2n) is 7.54. The molecule has 180 valence electrons. The van der Waals surface area contributed by atoms with Gasteiger partial charge in [0.25, 0.3) is 0 Å². The fourth-order valence-corrected chi connectivity index (χ4v) is 4.80. The first-order chi connectivity index (χ1) is 15.5. The van der Waals surface area contributed by atoms with Gasteiger partial charge in [0.1, 0.15) is 12.6 Å². The third-order valence-electron chi connectivity index (χ3n) is 5.23. The number of rotatable bonds is 10. The first-order valence-electron chi connectivity index (χ1n) is 10.6. The van der Waals surface area contributed by atoms with Crippen molar-refractivity contribution in [2.45, 2.75) is 39.8 Å². The topological polar surface area (TPSA) is 86.8 Å². The minimum absolute atomic E-state index is 0.0529. The van der Waals surface area contributed by atoms with Gasteiger partial charge in [-0.15, -0.1) is 0 Å². The normalized spacial score (nSPS) is 12.2. The van der Waals surface area contributed by atoms with Crippen LogP contribution in [0.1, 0.15) is 31.9 Å². The number of sulfonamides is 1. The zero-order valence-electron chi connectivity index (χ0n) is 19.1. The molecule has 1 unspecified atom stereocenters. The molecule has 2 rings (SSSR count). The number of aryl methyl sites for hydroxylation is 1. The Bertz CT molecular complexity index is 1090. The minimum atomic E-state index is -3.79. The summed E-state index contributed by atoms with van der Waals surface area (Å²) in [6.07, 6.45) is 1.64. The van der Waals surface area contributed by atoms with Crippen molar-refractivity contribution in [2.24, 2.45) is 0 Å². The molecule has 2 aromatic carbocycles. The molecule has 33 heavy (non-hydrogen) atoms. The number of nitrogens with zero attached hydrogens (tertiary/aromatic N) is 2. The number of para-hydroxylation sites is 1. The molecule has 0 aliphatic rings. The summed E-state index contributed by atoms with van der Waals surface area (Å²) in [5.74, 6) is -0.921. The van der Waals surface area contributed by atoms with Crippen LogP contribution >= 0.6 is 23.2 Å². The molecule has 1 N–H and O–H groups in total. The van der Waals surface area contributed by atoms with E-state index in [9.17, 15) is 18.0 Å². The van der Waals surface area contributed by atoms with E-state index in [0.717, 1.165) is 16.1 Å². The summed E-state index contributed by atoms with van der Waals surface area (Å²) in [5, 5.41) is 3.39. The second kappa shape index (κ2) is 11.7. The summed E-state index contributed by atoms with van der Waals surface area (Å²) in [4.78, 5) is 27.4. The molecule has 0 bridgehead atoms. The van der Waals surface area contributed by atoms with E-state index in [1.54, 1.807) is 44.2 Å². The van der Waals surface area contributed by atoms with E-state index in [-0.39, 0.29) is 12.5 Å². The lowest BCUT2D eigenvalue weighted by molar-refractivity contribution is -0.139. The Morgan fingerprint density at radius 3 is 2.18 bits per heavy atom. The van der Waals surface area contributed by atoms with Gasteiger partial charge in [0.2, 0.25) is 21.8 Å². The third-order valence-corrected chi connectivity index (χ3v) is 7.06. The number of hydrogen-bond acceptors (Lipinski definition) is 4. The Labute approximate surface area is 205 Å². The SMILES string of the molecule is CCNC(=O)C(C)N(Cc1c(Cl)cccc1Cl)C(=O)CN(c1ccccc1CC)S(C)(=O)=O. The summed E-state index contributed by atoms with van der Waals surface area (Å²) < 4.78 is 26.4. The van der Waals surface area contributed by atoms with Crippen molar-refractivity contribution < 1.29 is 18.0 Å². The van der Waals surface area contributed by atoms with Crippen LogP contribution in [-0.2, 0) is 32.6 Å². The number of halogens is 2. The van der Waals surface area contributed by atoms with Gasteiger partial charge < -0.3 is 10.2 Å². The largest absolute Gasteiger partial charge is 0.355 e. The van der Waals surface area contributed by atoms with Gasteiger partial charge in [-0.05, 0) is 44.0 Å². The molecule has 1 atom stereocenters. The minimum Gasteiger partial charge on any atom is -0.355 e. The van der Waals surface area contributed by atoms with E-state index in [4.69, 9.17) is 23.2 Å². The summed E-state index contributed by atoms with van der Waals surface area (Å²) in [6.45, 7) is 5.12. The molecule has 7 nitrogen and oxygen atoms in total. The quantitative estimate of drug-likeness (QED) is 0.522. The second-order valence-corrected chi connectivity index (χ2v) is 10.3. The van der Waals surface area contributed by atoms with Crippen molar-refractivity contribution in [1.82, 2.24) is 10.2 Å². The van der Waals surface area contributed by atoms with Gasteiger partial charge in [0, 0.05) is 28.7 Å². The fraction of sp³-hybridized carbons (Fsp3) is 0.391. The Morgan fingerprint density at radius 1 is 1.03 bits per heavy atom. The van der Waals surface area contributed by atoms with Gasteiger partial charge in [-0.3, -0.25) is 13.9 Å². The lowest BCUT2D eigenvalue weighted by Crippen LogP contribution is -2.51. The lowest BCUT2D eigenvalue weighted by Gasteiger charge is -2.32. The van der Waals surface area contributed by atoms with Gasteiger partial charge in [-0.2, -0.15) is 0 Å². The van der Waals surface area contributed by atoms with E-state index in [1.165, 1.54) is 4.90 Å². The van der Waals surface area contributed by atoms with Crippen molar-refractivity contribution in [3.05, 3.63) is 63.6 Å². The molecule has 0 aliphatic carbocycles. The van der Waals surface area contributed by atoms with Crippen LogP contribution in [0.25, 0.3) is 0 Å². The average Bonchev–Trinajstić information content (AvgIpc) is 2.76. The fourth-order valence-electron chi connectivity index (χ4n) is 3.41. The molecule has 10 heteroatoms. The van der Waals surface area contributed by atoms with Crippen LogP contribution in [0.4, 0.5) is 5.69 Å². The monoisotopic (exact) mass is 513 g/mol. The first kappa shape index (κ1) is 27.0. The van der Waals surface area contributed by atoms with Crippen LogP contribution in [-0.4, -0.2) is 50.5 Å². The van der Waals surface area contributed by atoms with E-state index in [2.05, 4.69) is 5.32 Å². The van der Waals surface area contributed by atoms with Crippen molar-refractivity contribution >= 4 is 50.7 Å². The molecule has 0 spiro atoms. The van der Waals surface area contributed by atoms with E-state index >= 15 is 0 Å².